The third kappa shape index (κ3) is 3.37. The van der Waals surface area contributed by atoms with E-state index in [9.17, 15) is 12.8 Å². The summed E-state index contributed by atoms with van der Waals surface area (Å²) in [5.41, 5.74) is 0.197. The van der Waals surface area contributed by atoms with E-state index in [0.29, 0.717) is 6.61 Å². The molecular weight excluding hydrogens is 233 g/mol. The van der Waals surface area contributed by atoms with E-state index in [0.717, 1.165) is 6.07 Å². The van der Waals surface area contributed by atoms with Gasteiger partial charge in [-0.25, -0.2) is 12.8 Å². The van der Waals surface area contributed by atoms with Crippen molar-refractivity contribution in [3.05, 3.63) is 24.0 Å². The molecular formula is C10H14FNO3S. The number of rotatable bonds is 5. The maximum absolute atomic E-state index is 13.4. The molecule has 0 bridgehead atoms. The van der Waals surface area contributed by atoms with Crippen LogP contribution in [0.25, 0.3) is 0 Å². The Balaban J connectivity index is 2.89. The average molecular weight is 247 g/mol. The van der Waals surface area contributed by atoms with Crippen molar-refractivity contribution in [2.24, 2.45) is 0 Å². The molecule has 0 spiro atoms. The molecule has 0 amide bonds. The lowest BCUT2D eigenvalue weighted by molar-refractivity contribution is 0.321. The number of ether oxygens (including phenoxy) is 1. The number of halogens is 1. The third-order valence-electron chi connectivity index (χ3n) is 1.89. The highest BCUT2D eigenvalue weighted by Gasteiger charge is 2.09. The molecule has 0 aliphatic rings. The molecule has 0 fully saturated rings. The predicted octanol–water partition coefficient (Wildman–Crippen LogP) is 1.99. The Hall–Kier alpha value is -1.30. The zero-order valence-corrected chi connectivity index (χ0v) is 9.97. The molecule has 0 radical (unpaired) electrons. The highest BCUT2D eigenvalue weighted by molar-refractivity contribution is 7.92. The predicted molar refractivity (Wildman–Crippen MR) is 60.7 cm³/mol. The van der Waals surface area contributed by atoms with E-state index < -0.39 is 15.8 Å². The number of hydrogen-bond acceptors (Lipinski definition) is 3. The Morgan fingerprint density at radius 1 is 1.38 bits per heavy atom. The van der Waals surface area contributed by atoms with E-state index in [1.807, 2.05) is 0 Å². The first kappa shape index (κ1) is 12.8. The van der Waals surface area contributed by atoms with Gasteiger partial charge in [0.15, 0.2) is 11.6 Å². The smallest absolute Gasteiger partial charge is 0.232 e. The zero-order chi connectivity index (χ0) is 12.2. The summed E-state index contributed by atoms with van der Waals surface area (Å²) in [6, 6.07) is 3.95. The molecule has 0 saturated carbocycles. The van der Waals surface area contributed by atoms with E-state index in [1.54, 1.807) is 6.92 Å². The monoisotopic (exact) mass is 247 g/mol. The van der Waals surface area contributed by atoms with Crippen LogP contribution in [0.2, 0.25) is 0 Å². The molecule has 6 heteroatoms. The van der Waals surface area contributed by atoms with Gasteiger partial charge in [0.2, 0.25) is 10.0 Å². The molecule has 90 valence electrons. The Bertz CT molecular complexity index is 459. The van der Waals surface area contributed by atoms with E-state index in [4.69, 9.17) is 4.74 Å². The van der Waals surface area contributed by atoms with Crippen molar-refractivity contribution in [3.8, 4) is 5.75 Å². The van der Waals surface area contributed by atoms with Crippen LogP contribution >= 0.6 is 0 Å². The van der Waals surface area contributed by atoms with Crippen molar-refractivity contribution < 1.29 is 17.5 Å². The van der Waals surface area contributed by atoms with E-state index >= 15 is 0 Å². The molecule has 0 aliphatic heterocycles. The van der Waals surface area contributed by atoms with Gasteiger partial charge >= 0.3 is 0 Å². The normalized spacial score (nSPS) is 11.2. The van der Waals surface area contributed by atoms with Gasteiger partial charge in [-0.05, 0) is 26.0 Å². The maximum atomic E-state index is 13.4. The second-order valence-electron chi connectivity index (χ2n) is 3.08. The Morgan fingerprint density at radius 3 is 2.56 bits per heavy atom. The van der Waals surface area contributed by atoms with Gasteiger partial charge < -0.3 is 4.74 Å². The largest absolute Gasteiger partial charge is 0.491 e. The van der Waals surface area contributed by atoms with E-state index in [2.05, 4.69) is 4.72 Å². The molecule has 1 aromatic rings. The maximum Gasteiger partial charge on any atom is 0.232 e. The van der Waals surface area contributed by atoms with Crippen LogP contribution in [0.3, 0.4) is 0 Å². The topological polar surface area (TPSA) is 55.4 Å². The lowest BCUT2D eigenvalue weighted by Gasteiger charge is -2.08. The molecule has 0 heterocycles. The molecule has 1 aromatic carbocycles. The Morgan fingerprint density at radius 2 is 2.06 bits per heavy atom. The van der Waals surface area contributed by atoms with Gasteiger partial charge in [0.1, 0.15) is 0 Å². The van der Waals surface area contributed by atoms with Gasteiger partial charge in [0.05, 0.1) is 18.0 Å². The van der Waals surface area contributed by atoms with Gasteiger partial charge in [-0.2, -0.15) is 0 Å². The minimum atomic E-state index is -3.37. The van der Waals surface area contributed by atoms with Gasteiger partial charge in [0.25, 0.3) is 0 Å². The standard InChI is InChI=1S/C10H14FNO3S/c1-3-15-10-6-5-8(7-9(10)11)12-16(13,14)4-2/h5-7,12H,3-4H2,1-2H3. The first-order valence-electron chi connectivity index (χ1n) is 4.91. The number of anilines is 1. The molecule has 0 unspecified atom stereocenters. The summed E-state index contributed by atoms with van der Waals surface area (Å²) in [5.74, 6) is -0.526. The van der Waals surface area contributed by atoms with Crippen molar-refractivity contribution in [3.63, 3.8) is 0 Å². The molecule has 0 saturated heterocycles. The molecule has 4 nitrogen and oxygen atoms in total. The Kier molecular flexibility index (Phi) is 4.12. The average Bonchev–Trinajstić information content (AvgIpc) is 2.22. The lowest BCUT2D eigenvalue weighted by Crippen LogP contribution is -2.14. The molecule has 1 N–H and O–H groups in total. The van der Waals surface area contributed by atoms with Crippen molar-refractivity contribution in [1.29, 1.82) is 0 Å². The number of nitrogens with one attached hydrogen (secondary N) is 1. The summed E-state index contributed by atoms with van der Waals surface area (Å²) >= 11 is 0. The van der Waals surface area contributed by atoms with Crippen molar-refractivity contribution in [1.82, 2.24) is 0 Å². The second-order valence-corrected chi connectivity index (χ2v) is 5.09. The summed E-state index contributed by atoms with van der Waals surface area (Å²) in [6.07, 6.45) is 0. The zero-order valence-electron chi connectivity index (χ0n) is 9.16. The minimum absolute atomic E-state index is 0.0537. The van der Waals surface area contributed by atoms with Gasteiger partial charge in [-0.15, -0.1) is 0 Å². The molecule has 0 aliphatic carbocycles. The van der Waals surface area contributed by atoms with Crippen molar-refractivity contribution in [2.45, 2.75) is 13.8 Å². The van der Waals surface area contributed by atoms with Crippen molar-refractivity contribution in [2.75, 3.05) is 17.1 Å². The molecule has 1 rings (SSSR count). The third-order valence-corrected chi connectivity index (χ3v) is 3.19. The van der Waals surface area contributed by atoms with Crippen molar-refractivity contribution >= 4 is 15.7 Å². The number of hydrogen-bond donors (Lipinski definition) is 1. The second kappa shape index (κ2) is 5.16. The van der Waals surface area contributed by atoms with Crippen LogP contribution in [0.15, 0.2) is 18.2 Å². The SMILES string of the molecule is CCOc1ccc(NS(=O)(=O)CC)cc1F. The van der Waals surface area contributed by atoms with E-state index in [-0.39, 0.29) is 17.2 Å². The highest BCUT2D eigenvalue weighted by atomic mass is 32.2. The fourth-order valence-corrected chi connectivity index (χ4v) is 1.72. The van der Waals surface area contributed by atoms with Gasteiger partial charge in [0, 0.05) is 6.07 Å². The fraction of sp³-hybridized carbons (Fsp3) is 0.400. The van der Waals surface area contributed by atoms with Gasteiger partial charge in [-0.1, -0.05) is 0 Å². The van der Waals surface area contributed by atoms with Crippen LogP contribution < -0.4 is 9.46 Å². The highest BCUT2D eigenvalue weighted by Crippen LogP contribution is 2.21. The van der Waals surface area contributed by atoms with Crippen LogP contribution in [0.5, 0.6) is 5.75 Å². The molecule has 16 heavy (non-hydrogen) atoms. The van der Waals surface area contributed by atoms with Crippen LogP contribution in [-0.2, 0) is 10.0 Å². The number of benzene rings is 1. The lowest BCUT2D eigenvalue weighted by atomic mass is 10.3. The summed E-state index contributed by atoms with van der Waals surface area (Å²) < 4.78 is 43.1. The van der Waals surface area contributed by atoms with Crippen LogP contribution in [0.4, 0.5) is 10.1 Å². The van der Waals surface area contributed by atoms with Gasteiger partial charge in [-0.3, -0.25) is 4.72 Å². The fourth-order valence-electron chi connectivity index (χ4n) is 1.09. The summed E-state index contributed by atoms with van der Waals surface area (Å²) in [4.78, 5) is 0. The quantitative estimate of drug-likeness (QED) is 0.865. The first-order chi connectivity index (χ1) is 7.48. The summed E-state index contributed by atoms with van der Waals surface area (Å²) in [5, 5.41) is 0. The Labute approximate surface area is 94.5 Å². The first-order valence-corrected chi connectivity index (χ1v) is 6.56. The van der Waals surface area contributed by atoms with Crippen LogP contribution in [-0.4, -0.2) is 20.8 Å². The molecule has 0 aromatic heterocycles. The minimum Gasteiger partial charge on any atom is -0.491 e. The molecule has 0 atom stereocenters. The number of sulfonamides is 1. The van der Waals surface area contributed by atoms with E-state index in [1.165, 1.54) is 19.1 Å². The van der Waals surface area contributed by atoms with Crippen LogP contribution in [0, 0.1) is 5.82 Å². The summed E-state index contributed by atoms with van der Waals surface area (Å²) in [6.45, 7) is 3.61. The summed E-state index contributed by atoms with van der Waals surface area (Å²) in [7, 11) is -3.37. The van der Waals surface area contributed by atoms with Crippen LogP contribution in [0.1, 0.15) is 13.8 Å².